The smallest absolute Gasteiger partial charge is 0.260 e. The summed E-state index contributed by atoms with van der Waals surface area (Å²) >= 11 is 0. The Kier molecular flexibility index (Phi) is 3.48. The number of hydrogen-bond donors (Lipinski definition) is 2. The Morgan fingerprint density at radius 3 is 3.12 bits per heavy atom. The molecule has 0 saturated carbocycles. The lowest BCUT2D eigenvalue weighted by Gasteiger charge is -2.29. The van der Waals surface area contributed by atoms with Gasteiger partial charge in [-0.15, -0.1) is 0 Å². The third-order valence-corrected chi connectivity index (χ3v) is 4.53. The number of ether oxygens (including phenoxy) is 1. The first-order chi connectivity index (χ1) is 8.05. The molecule has 1 aromatic rings. The average molecular weight is 261 g/mol. The number of nitrogens with one attached hydrogen (secondary N) is 1. The second-order valence-corrected chi connectivity index (χ2v) is 5.80. The van der Waals surface area contributed by atoms with Crippen LogP contribution in [0, 0.1) is 0 Å². The molecule has 0 aromatic carbocycles. The fourth-order valence-electron chi connectivity index (χ4n) is 1.77. The van der Waals surface area contributed by atoms with E-state index >= 15 is 0 Å². The minimum Gasteiger partial charge on any atom is -0.392 e. The van der Waals surface area contributed by atoms with Gasteiger partial charge in [0.1, 0.15) is 0 Å². The van der Waals surface area contributed by atoms with Crippen molar-refractivity contribution in [2.24, 2.45) is 0 Å². The van der Waals surface area contributed by atoms with Crippen LogP contribution in [0.15, 0.2) is 11.2 Å². The summed E-state index contributed by atoms with van der Waals surface area (Å²) in [6, 6.07) is 0. The molecule has 2 rings (SSSR count). The molecule has 0 aliphatic carbocycles. The van der Waals surface area contributed by atoms with Crippen LogP contribution in [0.4, 0.5) is 0 Å². The molecule has 0 amide bonds. The molecule has 17 heavy (non-hydrogen) atoms. The Bertz CT molecular complexity index is 484. The zero-order valence-corrected chi connectivity index (χ0v) is 10.3. The van der Waals surface area contributed by atoms with Gasteiger partial charge in [0.2, 0.25) is 0 Å². The molecule has 1 fully saturated rings. The lowest BCUT2D eigenvalue weighted by atomic mass is 10.3. The summed E-state index contributed by atoms with van der Waals surface area (Å²) < 4.78 is 31.2. The Balaban J connectivity index is 2.30. The van der Waals surface area contributed by atoms with Crippen LogP contribution in [0.3, 0.4) is 0 Å². The van der Waals surface area contributed by atoms with Crippen LogP contribution >= 0.6 is 0 Å². The Hall–Kier alpha value is -0.960. The number of aromatic amines is 1. The van der Waals surface area contributed by atoms with Gasteiger partial charge in [0.05, 0.1) is 25.5 Å². The van der Waals surface area contributed by atoms with Gasteiger partial charge in [0.15, 0.2) is 5.03 Å². The van der Waals surface area contributed by atoms with E-state index in [2.05, 4.69) is 10.2 Å². The van der Waals surface area contributed by atoms with Gasteiger partial charge >= 0.3 is 0 Å². The highest BCUT2D eigenvalue weighted by atomic mass is 32.2. The zero-order chi connectivity index (χ0) is 12.5. The van der Waals surface area contributed by atoms with Crippen molar-refractivity contribution in [1.82, 2.24) is 14.5 Å². The van der Waals surface area contributed by atoms with Crippen molar-refractivity contribution < 1.29 is 18.3 Å². The monoisotopic (exact) mass is 261 g/mol. The van der Waals surface area contributed by atoms with Gasteiger partial charge in [-0.25, -0.2) is 8.42 Å². The van der Waals surface area contributed by atoms with Crippen molar-refractivity contribution in [1.29, 1.82) is 0 Å². The fourth-order valence-corrected chi connectivity index (χ4v) is 3.37. The maximum absolute atomic E-state index is 12.3. The molecule has 96 valence electrons. The predicted octanol–water partition coefficient (Wildman–Crippen LogP) is -0.689. The lowest BCUT2D eigenvalue weighted by Crippen LogP contribution is -2.44. The van der Waals surface area contributed by atoms with E-state index in [1.54, 1.807) is 0 Å². The number of morpholine rings is 1. The van der Waals surface area contributed by atoms with Crippen molar-refractivity contribution in [2.75, 3.05) is 19.7 Å². The second-order valence-electron chi connectivity index (χ2n) is 3.93. The number of hydrogen-bond acceptors (Lipinski definition) is 5. The summed E-state index contributed by atoms with van der Waals surface area (Å²) in [5.74, 6) is 0. The average Bonchev–Trinajstić information content (AvgIpc) is 2.77. The number of aliphatic hydroxyl groups is 1. The van der Waals surface area contributed by atoms with Crippen LogP contribution in [-0.4, -0.2) is 53.8 Å². The topological polar surface area (TPSA) is 95.5 Å². The maximum Gasteiger partial charge on any atom is 0.260 e. The first-order valence-corrected chi connectivity index (χ1v) is 6.74. The van der Waals surface area contributed by atoms with Crippen LogP contribution in [0.5, 0.6) is 0 Å². The van der Waals surface area contributed by atoms with Crippen LogP contribution in [0.2, 0.25) is 0 Å². The molecule has 7 nitrogen and oxygen atoms in total. The minimum atomic E-state index is -3.62. The number of aliphatic hydroxyl groups excluding tert-OH is 1. The molecule has 1 aromatic heterocycles. The number of nitrogens with zero attached hydrogens (tertiary/aromatic N) is 2. The summed E-state index contributed by atoms with van der Waals surface area (Å²) in [7, 11) is -3.62. The zero-order valence-electron chi connectivity index (χ0n) is 9.46. The standard InChI is InChI=1S/C9H15N3O4S/c1-7-5-12(2-3-16-7)17(14,15)9-8(6-13)4-10-11-9/h4,7,13H,2-3,5-6H2,1H3,(H,10,11). The van der Waals surface area contributed by atoms with Crippen molar-refractivity contribution in [3.05, 3.63) is 11.8 Å². The Labute approximate surface area is 99.4 Å². The fraction of sp³-hybridized carbons (Fsp3) is 0.667. The van der Waals surface area contributed by atoms with Crippen LogP contribution in [0.1, 0.15) is 12.5 Å². The Morgan fingerprint density at radius 1 is 1.71 bits per heavy atom. The Morgan fingerprint density at radius 2 is 2.47 bits per heavy atom. The predicted molar refractivity (Wildman–Crippen MR) is 58.7 cm³/mol. The van der Waals surface area contributed by atoms with E-state index in [1.165, 1.54) is 10.5 Å². The van der Waals surface area contributed by atoms with Gasteiger partial charge in [-0.2, -0.15) is 9.40 Å². The molecule has 0 bridgehead atoms. The molecular weight excluding hydrogens is 246 g/mol. The number of sulfonamides is 1. The SMILES string of the molecule is CC1CN(S(=O)(=O)c2[nH]ncc2CO)CCO1. The van der Waals surface area contributed by atoms with E-state index in [1.807, 2.05) is 6.92 Å². The number of H-pyrrole nitrogens is 1. The molecule has 2 heterocycles. The molecule has 1 aliphatic heterocycles. The van der Waals surface area contributed by atoms with E-state index in [0.29, 0.717) is 19.7 Å². The molecular formula is C9H15N3O4S. The third-order valence-electron chi connectivity index (χ3n) is 2.65. The first-order valence-electron chi connectivity index (χ1n) is 5.30. The quantitative estimate of drug-likeness (QED) is 0.751. The highest BCUT2D eigenvalue weighted by Gasteiger charge is 2.31. The summed E-state index contributed by atoms with van der Waals surface area (Å²) in [6.07, 6.45) is 1.19. The molecule has 1 unspecified atom stereocenters. The van der Waals surface area contributed by atoms with Crippen molar-refractivity contribution >= 4 is 10.0 Å². The van der Waals surface area contributed by atoms with Gasteiger partial charge in [0.25, 0.3) is 10.0 Å². The summed E-state index contributed by atoms with van der Waals surface area (Å²) in [6.45, 7) is 2.47. The summed E-state index contributed by atoms with van der Waals surface area (Å²) in [5, 5.41) is 15.1. The van der Waals surface area contributed by atoms with E-state index in [4.69, 9.17) is 9.84 Å². The van der Waals surface area contributed by atoms with Crippen LogP contribution in [-0.2, 0) is 21.4 Å². The molecule has 2 N–H and O–H groups in total. The van der Waals surface area contributed by atoms with Gasteiger partial charge in [-0.05, 0) is 6.92 Å². The maximum atomic E-state index is 12.3. The van der Waals surface area contributed by atoms with Crippen LogP contribution in [0.25, 0.3) is 0 Å². The largest absolute Gasteiger partial charge is 0.392 e. The van der Waals surface area contributed by atoms with Crippen molar-refractivity contribution in [3.8, 4) is 0 Å². The molecule has 1 aliphatic rings. The van der Waals surface area contributed by atoms with E-state index in [9.17, 15) is 8.42 Å². The van der Waals surface area contributed by atoms with Crippen molar-refractivity contribution in [3.63, 3.8) is 0 Å². The van der Waals surface area contributed by atoms with Gasteiger partial charge in [0, 0.05) is 18.7 Å². The second kappa shape index (κ2) is 4.73. The first kappa shape index (κ1) is 12.5. The van der Waals surface area contributed by atoms with Crippen molar-refractivity contribution in [2.45, 2.75) is 24.7 Å². The van der Waals surface area contributed by atoms with E-state index in [0.717, 1.165) is 0 Å². The lowest BCUT2D eigenvalue weighted by molar-refractivity contribution is 0.0101. The van der Waals surface area contributed by atoms with E-state index < -0.39 is 10.0 Å². The highest BCUT2D eigenvalue weighted by Crippen LogP contribution is 2.19. The van der Waals surface area contributed by atoms with E-state index in [-0.39, 0.29) is 23.3 Å². The molecule has 0 spiro atoms. The summed E-state index contributed by atoms with van der Waals surface area (Å²) in [5.41, 5.74) is 0.282. The normalized spacial score (nSPS) is 22.8. The minimum absolute atomic E-state index is 0.0332. The highest BCUT2D eigenvalue weighted by molar-refractivity contribution is 7.89. The molecule has 0 radical (unpaired) electrons. The van der Waals surface area contributed by atoms with Gasteiger partial charge in [-0.1, -0.05) is 0 Å². The van der Waals surface area contributed by atoms with Gasteiger partial charge < -0.3 is 9.84 Å². The molecule has 8 heteroatoms. The number of aromatic nitrogens is 2. The molecule has 1 atom stereocenters. The number of rotatable bonds is 3. The summed E-state index contributed by atoms with van der Waals surface area (Å²) in [4.78, 5) is 0. The van der Waals surface area contributed by atoms with Gasteiger partial charge in [-0.3, -0.25) is 5.10 Å². The van der Waals surface area contributed by atoms with Crippen LogP contribution < -0.4 is 0 Å². The molecule has 1 saturated heterocycles. The third kappa shape index (κ3) is 2.34.